The lowest BCUT2D eigenvalue weighted by Gasteiger charge is -2.15. The van der Waals surface area contributed by atoms with Gasteiger partial charge in [0.25, 0.3) is 5.91 Å². The molecular formula is C20H16Br2N2O3. The van der Waals surface area contributed by atoms with Gasteiger partial charge < -0.3 is 5.11 Å². The van der Waals surface area contributed by atoms with Crippen molar-refractivity contribution in [2.24, 2.45) is 0 Å². The van der Waals surface area contributed by atoms with Crippen LogP contribution in [0.4, 0.5) is 0 Å². The van der Waals surface area contributed by atoms with Crippen molar-refractivity contribution in [2.45, 2.75) is 12.8 Å². The summed E-state index contributed by atoms with van der Waals surface area (Å²) in [5.74, 6) is -1.16. The summed E-state index contributed by atoms with van der Waals surface area (Å²) in [6.07, 6.45) is 0.293. The Bertz CT molecular complexity index is 981. The van der Waals surface area contributed by atoms with E-state index in [1.54, 1.807) is 22.9 Å². The minimum Gasteiger partial charge on any atom is -0.481 e. The molecule has 0 aliphatic rings. The number of amides is 1. The third-order valence-corrected chi connectivity index (χ3v) is 5.02. The minimum absolute atomic E-state index is 0.0173. The summed E-state index contributed by atoms with van der Waals surface area (Å²) in [4.78, 5) is 23.7. The van der Waals surface area contributed by atoms with Gasteiger partial charge in [-0.15, -0.1) is 0 Å². The summed E-state index contributed by atoms with van der Waals surface area (Å²) < 4.78 is 3.42. The molecule has 27 heavy (non-hydrogen) atoms. The Labute approximate surface area is 173 Å². The summed E-state index contributed by atoms with van der Waals surface area (Å²) in [7, 11) is 0. The summed E-state index contributed by atoms with van der Waals surface area (Å²) in [5, 5.41) is 9.00. The number of nitrogens with one attached hydrogen (secondary N) is 1. The molecule has 0 aliphatic heterocycles. The van der Waals surface area contributed by atoms with Crippen LogP contribution in [-0.4, -0.2) is 21.7 Å². The number of hydrogen-bond donors (Lipinski definition) is 2. The van der Waals surface area contributed by atoms with Crippen molar-refractivity contribution in [2.75, 3.05) is 5.43 Å². The number of aliphatic carboxylic acids is 1. The van der Waals surface area contributed by atoms with Gasteiger partial charge in [-0.25, -0.2) is 0 Å². The van der Waals surface area contributed by atoms with Crippen molar-refractivity contribution in [3.05, 3.63) is 80.9 Å². The Morgan fingerprint density at radius 2 is 1.70 bits per heavy atom. The summed E-state index contributed by atoms with van der Waals surface area (Å²) in [5.41, 5.74) is 5.81. The Kier molecular flexibility index (Phi) is 6.13. The van der Waals surface area contributed by atoms with E-state index in [0.29, 0.717) is 12.0 Å². The zero-order chi connectivity index (χ0) is 19.4. The van der Waals surface area contributed by atoms with Crippen molar-refractivity contribution in [3.8, 4) is 11.3 Å². The zero-order valence-electron chi connectivity index (χ0n) is 14.2. The van der Waals surface area contributed by atoms with E-state index in [9.17, 15) is 9.59 Å². The third-order valence-electron chi connectivity index (χ3n) is 4.00. The van der Waals surface area contributed by atoms with Crippen LogP contribution < -0.4 is 5.43 Å². The molecule has 7 heteroatoms. The van der Waals surface area contributed by atoms with Crippen LogP contribution in [0.3, 0.4) is 0 Å². The molecule has 0 radical (unpaired) electrons. The third kappa shape index (κ3) is 4.87. The van der Waals surface area contributed by atoms with E-state index in [-0.39, 0.29) is 12.3 Å². The first kappa shape index (κ1) is 19.4. The average molecular weight is 492 g/mol. The molecule has 3 aromatic rings. The Hall–Kier alpha value is -2.38. The fourth-order valence-electron chi connectivity index (χ4n) is 2.68. The second-order valence-electron chi connectivity index (χ2n) is 5.90. The highest BCUT2D eigenvalue weighted by molar-refractivity contribution is 9.10. The van der Waals surface area contributed by atoms with Crippen molar-refractivity contribution in [1.82, 2.24) is 4.68 Å². The predicted molar refractivity (Wildman–Crippen MR) is 111 cm³/mol. The number of hydrogen-bond acceptors (Lipinski definition) is 2. The molecule has 2 N–H and O–H groups in total. The zero-order valence-corrected chi connectivity index (χ0v) is 17.3. The van der Waals surface area contributed by atoms with Gasteiger partial charge in [-0.1, -0.05) is 50.1 Å². The minimum atomic E-state index is -0.883. The average Bonchev–Trinajstić information content (AvgIpc) is 3.03. The molecule has 0 saturated heterocycles. The van der Waals surface area contributed by atoms with E-state index < -0.39 is 5.97 Å². The molecule has 3 rings (SSSR count). The van der Waals surface area contributed by atoms with Gasteiger partial charge in [-0.3, -0.25) is 19.7 Å². The number of halogens is 2. The molecular weight excluding hydrogens is 476 g/mol. The van der Waals surface area contributed by atoms with Gasteiger partial charge in [-0.2, -0.15) is 0 Å². The van der Waals surface area contributed by atoms with Gasteiger partial charge in [0.2, 0.25) is 0 Å². The van der Waals surface area contributed by atoms with E-state index in [0.717, 1.165) is 25.9 Å². The van der Waals surface area contributed by atoms with Gasteiger partial charge in [-0.05, 0) is 42.5 Å². The number of nitrogens with zero attached hydrogens (tertiary/aromatic N) is 1. The van der Waals surface area contributed by atoms with E-state index in [1.165, 1.54) is 0 Å². The molecule has 0 atom stereocenters. The maximum atomic E-state index is 12.7. The second kappa shape index (κ2) is 8.54. The number of benzene rings is 2. The summed E-state index contributed by atoms with van der Waals surface area (Å²) in [6, 6.07) is 18.5. The number of aryl methyl sites for hydroxylation is 1. The normalized spacial score (nSPS) is 10.6. The lowest BCUT2D eigenvalue weighted by atomic mass is 10.1. The second-order valence-corrected chi connectivity index (χ2v) is 7.73. The molecule has 0 fully saturated rings. The molecule has 2 aromatic carbocycles. The topological polar surface area (TPSA) is 71.3 Å². The molecule has 1 amide bonds. The van der Waals surface area contributed by atoms with Gasteiger partial charge in [0.1, 0.15) is 0 Å². The van der Waals surface area contributed by atoms with E-state index in [1.807, 2.05) is 42.5 Å². The van der Waals surface area contributed by atoms with Crippen molar-refractivity contribution < 1.29 is 14.7 Å². The Morgan fingerprint density at radius 1 is 0.963 bits per heavy atom. The van der Waals surface area contributed by atoms with Crippen LogP contribution >= 0.6 is 31.9 Å². The predicted octanol–water partition coefficient (Wildman–Crippen LogP) is 5.08. The van der Waals surface area contributed by atoms with Crippen LogP contribution in [0.25, 0.3) is 11.3 Å². The highest BCUT2D eigenvalue weighted by Gasteiger charge is 2.15. The summed E-state index contributed by atoms with van der Waals surface area (Å²) >= 11 is 6.78. The standard InChI is InChI=1S/C20H16Br2N2O3/c21-15-6-4-13(5-7-15)18-10-8-17(9-11-19(25)26)24(18)23-20(27)14-2-1-3-16(22)12-14/h1-8,10,12H,9,11H2,(H,23,27)(H,25,26). The van der Waals surface area contributed by atoms with Crippen LogP contribution in [0.2, 0.25) is 0 Å². The van der Waals surface area contributed by atoms with Crippen LogP contribution in [0, 0.1) is 0 Å². The van der Waals surface area contributed by atoms with Gasteiger partial charge in [0.05, 0.1) is 12.1 Å². The number of carboxylic acids is 1. The maximum Gasteiger partial charge on any atom is 0.303 e. The first-order valence-corrected chi connectivity index (χ1v) is 9.78. The monoisotopic (exact) mass is 490 g/mol. The molecule has 5 nitrogen and oxygen atoms in total. The van der Waals surface area contributed by atoms with E-state index in [2.05, 4.69) is 37.3 Å². The number of carbonyl (C=O) groups excluding carboxylic acids is 1. The molecule has 0 spiro atoms. The first-order valence-electron chi connectivity index (χ1n) is 8.19. The van der Waals surface area contributed by atoms with Gasteiger partial charge in [0, 0.05) is 32.2 Å². The Morgan fingerprint density at radius 3 is 2.37 bits per heavy atom. The highest BCUT2D eigenvalue weighted by Crippen LogP contribution is 2.24. The number of carboxylic acid groups (broad SMARTS) is 1. The van der Waals surface area contributed by atoms with Crippen molar-refractivity contribution in [3.63, 3.8) is 0 Å². The van der Waals surface area contributed by atoms with Crippen molar-refractivity contribution in [1.29, 1.82) is 0 Å². The quantitative estimate of drug-likeness (QED) is 0.505. The molecule has 138 valence electrons. The summed E-state index contributed by atoms with van der Waals surface area (Å²) in [6.45, 7) is 0. The molecule has 1 heterocycles. The van der Waals surface area contributed by atoms with E-state index >= 15 is 0 Å². The fraction of sp³-hybridized carbons (Fsp3) is 0.100. The SMILES string of the molecule is O=C(O)CCc1ccc(-c2ccc(Br)cc2)n1NC(=O)c1cccc(Br)c1. The fourth-order valence-corrected chi connectivity index (χ4v) is 3.35. The maximum absolute atomic E-state index is 12.7. The van der Waals surface area contributed by atoms with Gasteiger partial charge in [0.15, 0.2) is 0 Å². The molecule has 0 saturated carbocycles. The first-order chi connectivity index (χ1) is 12.9. The molecule has 0 aliphatic carbocycles. The van der Waals surface area contributed by atoms with Crippen LogP contribution in [-0.2, 0) is 11.2 Å². The van der Waals surface area contributed by atoms with Crippen LogP contribution in [0.1, 0.15) is 22.5 Å². The van der Waals surface area contributed by atoms with Gasteiger partial charge >= 0.3 is 5.97 Å². The number of aromatic nitrogens is 1. The molecule has 1 aromatic heterocycles. The number of carbonyl (C=O) groups is 2. The van der Waals surface area contributed by atoms with Crippen molar-refractivity contribution >= 4 is 43.7 Å². The molecule has 0 bridgehead atoms. The molecule has 0 unspecified atom stereocenters. The number of rotatable bonds is 6. The smallest absolute Gasteiger partial charge is 0.303 e. The van der Waals surface area contributed by atoms with Crippen LogP contribution in [0.15, 0.2) is 69.6 Å². The highest BCUT2D eigenvalue weighted by atomic mass is 79.9. The lowest BCUT2D eigenvalue weighted by Crippen LogP contribution is -2.25. The van der Waals surface area contributed by atoms with Crippen LogP contribution in [0.5, 0.6) is 0 Å². The Balaban J connectivity index is 1.96. The lowest BCUT2D eigenvalue weighted by molar-refractivity contribution is -0.136. The van der Waals surface area contributed by atoms with E-state index in [4.69, 9.17) is 5.11 Å². The largest absolute Gasteiger partial charge is 0.481 e.